The summed E-state index contributed by atoms with van der Waals surface area (Å²) in [6, 6.07) is 17.0. The summed E-state index contributed by atoms with van der Waals surface area (Å²) in [6.07, 6.45) is 1.55. The van der Waals surface area contributed by atoms with Crippen molar-refractivity contribution in [2.24, 2.45) is 5.10 Å². The molecule has 0 atom stereocenters. The summed E-state index contributed by atoms with van der Waals surface area (Å²) in [4.78, 5) is 12.3. The minimum atomic E-state index is -0.274. The predicted octanol–water partition coefficient (Wildman–Crippen LogP) is 4.38. The number of amides is 1. The number of carbonyl (C=O) groups excluding carboxylic acids is 1. The maximum Gasteiger partial charge on any atom is 0.271 e. The van der Waals surface area contributed by atoms with E-state index >= 15 is 0 Å². The van der Waals surface area contributed by atoms with Gasteiger partial charge in [-0.15, -0.1) is 0 Å². The van der Waals surface area contributed by atoms with Gasteiger partial charge in [-0.2, -0.15) is 5.10 Å². The first kappa shape index (κ1) is 17.9. The molecule has 0 fully saturated rings. The summed E-state index contributed by atoms with van der Waals surface area (Å²) in [5.74, 6) is 0.915. The molecule has 132 valence electrons. The van der Waals surface area contributed by atoms with E-state index in [-0.39, 0.29) is 5.91 Å². The molecule has 3 aromatic rings. The van der Waals surface area contributed by atoms with Gasteiger partial charge in [0.25, 0.3) is 5.91 Å². The van der Waals surface area contributed by atoms with Crippen molar-refractivity contribution < 1.29 is 14.3 Å². The summed E-state index contributed by atoms with van der Waals surface area (Å²) in [5.41, 5.74) is 3.84. The first-order valence-corrected chi connectivity index (χ1v) is 8.65. The molecule has 0 aliphatic carbocycles. The molecule has 5 nitrogen and oxygen atoms in total. The number of hydrogen-bond donors (Lipinski definition) is 1. The summed E-state index contributed by atoms with van der Waals surface area (Å²) < 4.78 is 11.3. The molecule has 0 bridgehead atoms. The molecule has 26 heavy (non-hydrogen) atoms. The van der Waals surface area contributed by atoms with Crippen molar-refractivity contribution in [2.75, 3.05) is 14.2 Å². The van der Waals surface area contributed by atoms with Crippen LogP contribution in [0.3, 0.4) is 0 Å². The first-order chi connectivity index (χ1) is 12.6. The highest BCUT2D eigenvalue weighted by Gasteiger charge is 2.09. The number of hydrazone groups is 1. The maximum absolute atomic E-state index is 12.3. The molecule has 0 unspecified atom stereocenters. The van der Waals surface area contributed by atoms with E-state index in [2.05, 4.69) is 26.5 Å². The molecule has 0 spiro atoms. The Morgan fingerprint density at radius 2 is 1.69 bits per heavy atom. The largest absolute Gasteiger partial charge is 0.493 e. The van der Waals surface area contributed by atoms with Crippen LogP contribution in [0.25, 0.3) is 10.8 Å². The zero-order valence-corrected chi connectivity index (χ0v) is 15.9. The van der Waals surface area contributed by atoms with E-state index in [1.807, 2.05) is 36.4 Å². The van der Waals surface area contributed by atoms with Gasteiger partial charge in [0.05, 0.1) is 20.4 Å². The minimum Gasteiger partial charge on any atom is -0.493 e. The fourth-order valence-corrected chi connectivity index (χ4v) is 2.95. The zero-order chi connectivity index (χ0) is 18.5. The van der Waals surface area contributed by atoms with Crippen LogP contribution in [0.15, 0.2) is 64.2 Å². The molecule has 0 aromatic heterocycles. The van der Waals surface area contributed by atoms with Gasteiger partial charge in [-0.05, 0) is 51.0 Å². The lowest BCUT2D eigenvalue weighted by atomic mass is 10.1. The zero-order valence-electron chi connectivity index (χ0n) is 14.3. The third-order valence-corrected chi connectivity index (χ3v) is 4.57. The van der Waals surface area contributed by atoms with E-state index in [1.54, 1.807) is 38.6 Å². The highest BCUT2D eigenvalue weighted by molar-refractivity contribution is 9.10. The number of ether oxygens (including phenoxy) is 2. The Kier molecular flexibility index (Phi) is 5.53. The molecule has 0 radical (unpaired) electrons. The highest BCUT2D eigenvalue weighted by atomic mass is 79.9. The Hall–Kier alpha value is -2.86. The molecule has 0 heterocycles. The lowest BCUT2D eigenvalue weighted by molar-refractivity contribution is 0.0955. The Bertz CT molecular complexity index is 986. The van der Waals surface area contributed by atoms with Crippen LogP contribution in [-0.2, 0) is 0 Å². The van der Waals surface area contributed by atoms with Crippen molar-refractivity contribution in [1.29, 1.82) is 0 Å². The maximum atomic E-state index is 12.3. The summed E-state index contributed by atoms with van der Waals surface area (Å²) in [6.45, 7) is 0. The number of benzene rings is 3. The quantitative estimate of drug-likeness (QED) is 0.499. The van der Waals surface area contributed by atoms with Crippen molar-refractivity contribution in [3.8, 4) is 11.5 Å². The lowest BCUT2D eigenvalue weighted by Gasteiger charge is -2.09. The van der Waals surface area contributed by atoms with Gasteiger partial charge in [0.2, 0.25) is 0 Å². The van der Waals surface area contributed by atoms with Gasteiger partial charge < -0.3 is 9.47 Å². The average molecular weight is 413 g/mol. The van der Waals surface area contributed by atoms with Gasteiger partial charge in [-0.3, -0.25) is 4.79 Å². The van der Waals surface area contributed by atoms with Gasteiger partial charge in [-0.25, -0.2) is 5.43 Å². The number of hydrogen-bond acceptors (Lipinski definition) is 4. The highest BCUT2D eigenvalue weighted by Crippen LogP contribution is 2.32. The van der Waals surface area contributed by atoms with E-state index in [1.165, 1.54) is 0 Å². The van der Waals surface area contributed by atoms with Crippen LogP contribution in [0.5, 0.6) is 11.5 Å². The van der Waals surface area contributed by atoms with Crippen LogP contribution >= 0.6 is 15.9 Å². The second-order valence-electron chi connectivity index (χ2n) is 5.49. The van der Waals surface area contributed by atoms with Crippen molar-refractivity contribution in [1.82, 2.24) is 5.43 Å². The Morgan fingerprint density at radius 3 is 2.42 bits per heavy atom. The molecule has 0 saturated heterocycles. The smallest absolute Gasteiger partial charge is 0.271 e. The standard InChI is InChI=1S/C20H17BrN2O3/c1-25-18-10-16(17(21)11-19(18)26-2)12-22-23-20(24)15-8-7-13-5-3-4-6-14(13)9-15/h3-12H,1-2H3,(H,23,24). The molecular formula is C20H17BrN2O3. The van der Waals surface area contributed by atoms with Crippen LogP contribution in [0.4, 0.5) is 0 Å². The third-order valence-electron chi connectivity index (χ3n) is 3.88. The summed E-state index contributed by atoms with van der Waals surface area (Å²) in [5, 5.41) is 6.13. The molecular weight excluding hydrogens is 396 g/mol. The number of fused-ring (bicyclic) bond motifs is 1. The van der Waals surface area contributed by atoms with Crippen LogP contribution in [0, 0.1) is 0 Å². The van der Waals surface area contributed by atoms with Crippen molar-refractivity contribution in [2.45, 2.75) is 0 Å². The molecule has 0 aliphatic heterocycles. The van der Waals surface area contributed by atoms with E-state index in [0.717, 1.165) is 20.8 Å². The SMILES string of the molecule is COc1cc(Br)c(C=NNC(=O)c2ccc3ccccc3c2)cc1OC. The second-order valence-corrected chi connectivity index (χ2v) is 6.34. The fraction of sp³-hybridized carbons (Fsp3) is 0.100. The third kappa shape index (κ3) is 3.86. The molecule has 6 heteroatoms. The Labute approximate surface area is 159 Å². The summed E-state index contributed by atoms with van der Waals surface area (Å²) in [7, 11) is 3.13. The Balaban J connectivity index is 1.76. The van der Waals surface area contributed by atoms with Gasteiger partial charge in [-0.1, -0.05) is 30.3 Å². The van der Waals surface area contributed by atoms with Crippen molar-refractivity contribution in [3.63, 3.8) is 0 Å². The molecule has 3 rings (SSSR count). The normalized spacial score (nSPS) is 10.9. The second kappa shape index (κ2) is 8.01. The van der Waals surface area contributed by atoms with Gasteiger partial charge >= 0.3 is 0 Å². The number of nitrogens with one attached hydrogen (secondary N) is 1. The van der Waals surface area contributed by atoms with Gasteiger partial charge in [0.15, 0.2) is 11.5 Å². The number of halogens is 1. The van der Waals surface area contributed by atoms with E-state index in [0.29, 0.717) is 17.1 Å². The molecule has 3 aromatic carbocycles. The van der Waals surface area contributed by atoms with E-state index < -0.39 is 0 Å². The first-order valence-electron chi connectivity index (χ1n) is 7.86. The van der Waals surface area contributed by atoms with Gasteiger partial charge in [0, 0.05) is 15.6 Å². The van der Waals surface area contributed by atoms with Crippen LogP contribution < -0.4 is 14.9 Å². The monoisotopic (exact) mass is 412 g/mol. The van der Waals surface area contributed by atoms with E-state index in [4.69, 9.17) is 9.47 Å². The van der Waals surface area contributed by atoms with Crippen LogP contribution in [0.2, 0.25) is 0 Å². The van der Waals surface area contributed by atoms with Crippen LogP contribution in [-0.4, -0.2) is 26.3 Å². The van der Waals surface area contributed by atoms with Gasteiger partial charge in [0.1, 0.15) is 0 Å². The summed E-state index contributed by atoms with van der Waals surface area (Å²) >= 11 is 3.45. The Morgan fingerprint density at radius 1 is 1.00 bits per heavy atom. The average Bonchev–Trinajstić information content (AvgIpc) is 2.68. The minimum absolute atomic E-state index is 0.274. The van der Waals surface area contributed by atoms with Crippen LogP contribution in [0.1, 0.15) is 15.9 Å². The van der Waals surface area contributed by atoms with Crippen molar-refractivity contribution in [3.05, 3.63) is 70.2 Å². The molecule has 0 saturated carbocycles. The topological polar surface area (TPSA) is 59.9 Å². The van der Waals surface area contributed by atoms with Crippen molar-refractivity contribution >= 4 is 38.8 Å². The molecule has 1 amide bonds. The lowest BCUT2D eigenvalue weighted by Crippen LogP contribution is -2.17. The predicted molar refractivity (Wildman–Crippen MR) is 106 cm³/mol. The fourth-order valence-electron chi connectivity index (χ4n) is 2.52. The molecule has 1 N–H and O–H groups in total. The number of carbonyl (C=O) groups is 1. The van der Waals surface area contributed by atoms with E-state index in [9.17, 15) is 4.79 Å². The number of methoxy groups -OCH3 is 2. The number of nitrogens with zero attached hydrogens (tertiary/aromatic N) is 1. The molecule has 0 aliphatic rings. The number of rotatable bonds is 5.